The lowest BCUT2D eigenvalue weighted by Gasteiger charge is -2.11. The second-order valence-electron chi connectivity index (χ2n) is 6.86. The van der Waals surface area contributed by atoms with Gasteiger partial charge in [0, 0.05) is 3.57 Å². The van der Waals surface area contributed by atoms with Crippen molar-refractivity contribution in [3.8, 4) is 5.75 Å². The van der Waals surface area contributed by atoms with Gasteiger partial charge in [0.15, 0.2) is 10.7 Å². The summed E-state index contributed by atoms with van der Waals surface area (Å²) in [5.74, 6) is 0.424. The number of rotatable bonds is 4. The smallest absolute Gasteiger partial charge is 0.274 e. The fourth-order valence-electron chi connectivity index (χ4n) is 3.30. The number of ether oxygens (including phenoxy) is 1. The highest BCUT2D eigenvalue weighted by Gasteiger charge is 2.13. The van der Waals surface area contributed by atoms with Gasteiger partial charge in [-0.05, 0) is 76.2 Å². The van der Waals surface area contributed by atoms with Crippen molar-refractivity contribution in [2.45, 2.75) is 6.61 Å². The van der Waals surface area contributed by atoms with Crippen LogP contribution in [0.3, 0.4) is 0 Å². The lowest BCUT2D eigenvalue weighted by Crippen LogP contribution is -2.22. The number of para-hydroxylation sites is 2. The first-order valence-electron chi connectivity index (χ1n) is 9.27. The van der Waals surface area contributed by atoms with Gasteiger partial charge in [-0.15, -0.1) is 0 Å². The Balaban J connectivity index is 1.48. The van der Waals surface area contributed by atoms with E-state index < -0.39 is 0 Å². The van der Waals surface area contributed by atoms with Crippen molar-refractivity contribution >= 4 is 79.2 Å². The first-order valence-corrected chi connectivity index (χ1v) is 11.9. The molecule has 5 aromatic rings. The summed E-state index contributed by atoms with van der Waals surface area (Å²) in [7, 11) is 0. The standard InChI is InChI=1S/C23H13Cl2IN2O2S/c24-16-9-14(10-17(25)21(16)30-12-13-5-7-15(26)8-6-13)11-20-22(29)28-19-4-2-1-3-18(19)27-23(28)31-20/h1-11H,12H2/b20-11-. The molecule has 31 heavy (non-hydrogen) atoms. The van der Waals surface area contributed by atoms with Crippen LogP contribution in [0.1, 0.15) is 11.1 Å². The third-order valence-corrected chi connectivity index (χ3v) is 7.01. The second kappa shape index (κ2) is 8.43. The summed E-state index contributed by atoms with van der Waals surface area (Å²) in [6.07, 6.45) is 1.77. The third-order valence-electron chi connectivity index (χ3n) is 4.76. The van der Waals surface area contributed by atoms with Crippen LogP contribution in [0.5, 0.6) is 5.75 Å². The van der Waals surface area contributed by atoms with Crippen LogP contribution in [-0.2, 0) is 6.61 Å². The molecule has 0 saturated carbocycles. The van der Waals surface area contributed by atoms with Crippen molar-refractivity contribution in [2.24, 2.45) is 0 Å². The molecule has 0 unspecified atom stereocenters. The molecule has 0 radical (unpaired) electrons. The van der Waals surface area contributed by atoms with Crippen molar-refractivity contribution < 1.29 is 4.74 Å². The van der Waals surface area contributed by atoms with Crippen LogP contribution < -0.4 is 14.8 Å². The monoisotopic (exact) mass is 578 g/mol. The SMILES string of the molecule is O=c1/c(=C/c2cc(Cl)c(OCc3ccc(I)cc3)c(Cl)c2)sc2nc3ccccc3n12. The fourth-order valence-corrected chi connectivity index (χ4v) is 5.26. The molecule has 3 aromatic carbocycles. The highest BCUT2D eigenvalue weighted by molar-refractivity contribution is 14.1. The fraction of sp³-hybridized carbons (Fsp3) is 0.0435. The molecule has 0 saturated heterocycles. The van der Waals surface area contributed by atoms with E-state index >= 15 is 0 Å². The van der Waals surface area contributed by atoms with Gasteiger partial charge < -0.3 is 4.74 Å². The molecule has 0 spiro atoms. The molecular weight excluding hydrogens is 566 g/mol. The Labute approximate surface area is 204 Å². The van der Waals surface area contributed by atoms with E-state index in [0.717, 1.165) is 25.7 Å². The minimum Gasteiger partial charge on any atom is -0.486 e. The topological polar surface area (TPSA) is 43.6 Å². The van der Waals surface area contributed by atoms with E-state index in [-0.39, 0.29) is 5.56 Å². The van der Waals surface area contributed by atoms with E-state index in [9.17, 15) is 4.79 Å². The quantitative estimate of drug-likeness (QED) is 0.248. The normalized spacial score (nSPS) is 12.2. The zero-order chi connectivity index (χ0) is 21.5. The minimum atomic E-state index is -0.111. The number of thiazole rings is 1. The second-order valence-corrected chi connectivity index (χ2v) is 9.93. The van der Waals surface area contributed by atoms with Crippen molar-refractivity contribution in [3.63, 3.8) is 0 Å². The lowest BCUT2D eigenvalue weighted by atomic mass is 10.2. The van der Waals surface area contributed by atoms with E-state index in [0.29, 0.717) is 31.9 Å². The Bertz CT molecular complexity index is 1520. The van der Waals surface area contributed by atoms with Gasteiger partial charge in [0.05, 0.1) is 25.6 Å². The zero-order valence-corrected chi connectivity index (χ0v) is 20.3. The molecule has 8 heteroatoms. The molecule has 2 aromatic heterocycles. The zero-order valence-electron chi connectivity index (χ0n) is 15.8. The summed E-state index contributed by atoms with van der Waals surface area (Å²) in [5, 5.41) is 0.784. The summed E-state index contributed by atoms with van der Waals surface area (Å²) < 4.78 is 9.20. The van der Waals surface area contributed by atoms with Crippen molar-refractivity contribution in [1.29, 1.82) is 0 Å². The minimum absolute atomic E-state index is 0.111. The predicted molar refractivity (Wildman–Crippen MR) is 136 cm³/mol. The number of fused-ring (bicyclic) bond motifs is 3. The van der Waals surface area contributed by atoms with Crippen molar-refractivity contribution in [2.75, 3.05) is 0 Å². The van der Waals surface area contributed by atoms with Gasteiger partial charge in [-0.25, -0.2) is 9.38 Å². The van der Waals surface area contributed by atoms with Gasteiger partial charge in [-0.3, -0.25) is 4.79 Å². The van der Waals surface area contributed by atoms with Gasteiger partial charge in [-0.1, -0.05) is 58.8 Å². The van der Waals surface area contributed by atoms with Gasteiger partial charge >= 0.3 is 0 Å². The Morgan fingerprint density at radius 3 is 2.52 bits per heavy atom. The molecule has 0 atom stereocenters. The van der Waals surface area contributed by atoms with Crippen LogP contribution in [0.15, 0.2) is 65.5 Å². The van der Waals surface area contributed by atoms with E-state index in [2.05, 4.69) is 27.6 Å². The van der Waals surface area contributed by atoms with Crippen LogP contribution in [0.2, 0.25) is 10.0 Å². The van der Waals surface area contributed by atoms with Gasteiger partial charge in [0.2, 0.25) is 0 Å². The molecule has 2 heterocycles. The van der Waals surface area contributed by atoms with Crippen LogP contribution >= 0.6 is 57.1 Å². The van der Waals surface area contributed by atoms with Crippen molar-refractivity contribution in [3.05, 3.63) is 100 Å². The maximum atomic E-state index is 12.9. The van der Waals surface area contributed by atoms with Crippen molar-refractivity contribution in [1.82, 2.24) is 9.38 Å². The number of hydrogen-bond acceptors (Lipinski definition) is 4. The van der Waals surface area contributed by atoms with E-state index in [1.54, 1.807) is 22.6 Å². The summed E-state index contributed by atoms with van der Waals surface area (Å²) in [6, 6.07) is 19.1. The maximum Gasteiger partial charge on any atom is 0.274 e. The maximum absolute atomic E-state index is 12.9. The van der Waals surface area contributed by atoms with E-state index in [1.165, 1.54) is 11.3 Å². The average Bonchev–Trinajstić information content (AvgIpc) is 3.25. The molecule has 0 bridgehead atoms. The number of halogens is 3. The molecule has 0 aliphatic heterocycles. The summed E-state index contributed by atoms with van der Waals surface area (Å²) in [5.41, 5.74) is 3.24. The average molecular weight is 579 g/mol. The number of aromatic nitrogens is 2. The molecule has 4 nitrogen and oxygen atoms in total. The van der Waals surface area contributed by atoms with E-state index in [4.69, 9.17) is 27.9 Å². The summed E-state index contributed by atoms with van der Waals surface area (Å²) >= 11 is 16.5. The molecule has 0 N–H and O–H groups in total. The number of imidazole rings is 1. The number of nitrogens with zero attached hydrogens (tertiary/aromatic N) is 2. The Morgan fingerprint density at radius 1 is 1.06 bits per heavy atom. The highest BCUT2D eigenvalue weighted by atomic mass is 127. The third kappa shape index (κ3) is 4.05. The predicted octanol–water partition coefficient (Wildman–Crippen LogP) is 5.95. The summed E-state index contributed by atoms with van der Waals surface area (Å²) in [6.45, 7) is 0.360. The first-order chi connectivity index (χ1) is 15.0. The highest BCUT2D eigenvalue weighted by Crippen LogP contribution is 2.35. The van der Waals surface area contributed by atoms with E-state index in [1.807, 2.05) is 48.5 Å². The number of hydrogen-bond donors (Lipinski definition) is 0. The Kier molecular flexibility index (Phi) is 5.64. The van der Waals surface area contributed by atoms with Crippen LogP contribution in [0.25, 0.3) is 22.1 Å². The number of benzene rings is 3. The largest absolute Gasteiger partial charge is 0.486 e. The first kappa shape index (κ1) is 20.8. The van der Waals surface area contributed by atoms with Crippen LogP contribution in [0.4, 0.5) is 0 Å². The summed E-state index contributed by atoms with van der Waals surface area (Å²) in [4.78, 5) is 18.1. The molecule has 0 aliphatic rings. The van der Waals surface area contributed by atoms with Gasteiger partial charge in [0.1, 0.15) is 6.61 Å². The van der Waals surface area contributed by atoms with Crippen LogP contribution in [-0.4, -0.2) is 9.38 Å². The Hall–Kier alpha value is -2.13. The van der Waals surface area contributed by atoms with Gasteiger partial charge in [-0.2, -0.15) is 0 Å². The molecule has 0 aliphatic carbocycles. The Morgan fingerprint density at radius 2 is 1.77 bits per heavy atom. The molecular formula is C23H13Cl2IN2O2S. The molecule has 0 fully saturated rings. The molecule has 154 valence electrons. The van der Waals surface area contributed by atoms with Crippen LogP contribution in [0, 0.1) is 3.57 Å². The molecule has 5 rings (SSSR count). The lowest BCUT2D eigenvalue weighted by molar-refractivity contribution is 0.306. The van der Waals surface area contributed by atoms with Gasteiger partial charge in [0.25, 0.3) is 5.56 Å². The molecule has 0 amide bonds.